The highest BCUT2D eigenvalue weighted by molar-refractivity contribution is 7.15. The van der Waals surface area contributed by atoms with Crippen molar-refractivity contribution in [3.63, 3.8) is 0 Å². The number of rotatable bonds is 5. The predicted octanol–water partition coefficient (Wildman–Crippen LogP) is 3.51. The second-order valence-corrected chi connectivity index (χ2v) is 8.68. The molecule has 1 saturated carbocycles. The number of nitrogens with zero attached hydrogens (tertiary/aromatic N) is 3. The Balaban J connectivity index is 1.34. The second kappa shape index (κ2) is 7.94. The monoisotopic (exact) mass is 404 g/mol. The Morgan fingerprint density at radius 1 is 1.22 bits per heavy atom. The molecule has 1 aliphatic heterocycles. The van der Waals surface area contributed by atoms with Crippen molar-refractivity contribution in [2.45, 2.75) is 44.6 Å². The quantitative estimate of drug-likeness (QED) is 0.827. The Kier molecular flexibility index (Phi) is 5.41. The van der Waals surface area contributed by atoms with Crippen molar-refractivity contribution in [2.24, 2.45) is 5.92 Å². The average molecular weight is 405 g/mol. The number of hydrogen-bond acceptors (Lipinski definition) is 5. The van der Waals surface area contributed by atoms with E-state index < -0.39 is 0 Å². The van der Waals surface area contributed by atoms with Gasteiger partial charge >= 0.3 is 0 Å². The van der Waals surface area contributed by atoms with E-state index in [1.165, 1.54) is 24.2 Å². The van der Waals surface area contributed by atoms with Gasteiger partial charge in [0.05, 0.1) is 5.92 Å². The molecular formula is C19H21ClN4O2S. The second-order valence-electron chi connectivity index (χ2n) is 7.18. The normalized spacial score (nSPS) is 20.4. The summed E-state index contributed by atoms with van der Waals surface area (Å²) in [5.41, 5.74) is 1.09. The lowest BCUT2D eigenvalue weighted by Gasteiger charge is -2.23. The van der Waals surface area contributed by atoms with Crippen LogP contribution in [0.2, 0.25) is 5.02 Å². The number of benzene rings is 1. The Bertz CT molecular complexity index is 832. The summed E-state index contributed by atoms with van der Waals surface area (Å²) in [6.45, 7) is 0.520. The molecule has 27 heavy (non-hydrogen) atoms. The van der Waals surface area contributed by atoms with E-state index in [1.54, 1.807) is 0 Å². The fraction of sp³-hybridized carbons (Fsp3) is 0.474. The van der Waals surface area contributed by atoms with Gasteiger partial charge in [0.2, 0.25) is 16.9 Å². The van der Waals surface area contributed by atoms with Crippen molar-refractivity contribution in [3.05, 3.63) is 39.9 Å². The summed E-state index contributed by atoms with van der Waals surface area (Å²) in [7, 11) is 0. The van der Waals surface area contributed by atoms with Gasteiger partial charge in [-0.3, -0.25) is 9.59 Å². The molecule has 142 valence electrons. The van der Waals surface area contributed by atoms with E-state index in [2.05, 4.69) is 15.5 Å². The van der Waals surface area contributed by atoms with E-state index in [0.29, 0.717) is 35.6 Å². The van der Waals surface area contributed by atoms with Gasteiger partial charge in [-0.15, -0.1) is 10.2 Å². The van der Waals surface area contributed by atoms with Crippen molar-refractivity contribution in [2.75, 3.05) is 11.9 Å². The van der Waals surface area contributed by atoms with Gasteiger partial charge in [-0.2, -0.15) is 0 Å². The van der Waals surface area contributed by atoms with Crippen LogP contribution in [0.25, 0.3) is 0 Å². The van der Waals surface area contributed by atoms with Crippen LogP contribution in [0.3, 0.4) is 0 Å². The first kappa shape index (κ1) is 18.4. The standard InChI is InChI=1S/C19H21ClN4O2S/c20-14-7-5-12(6-8-14)9-16-22-23-19(27-16)21-18(26)13-10-17(25)24(11-13)15-3-1-2-4-15/h5-8,13,15H,1-4,9-11H2,(H,21,23,26)/t13-/m1/s1. The highest BCUT2D eigenvalue weighted by atomic mass is 35.5. The first-order valence-electron chi connectivity index (χ1n) is 9.25. The number of amides is 2. The van der Waals surface area contributed by atoms with E-state index in [1.807, 2.05) is 29.2 Å². The van der Waals surface area contributed by atoms with Crippen LogP contribution >= 0.6 is 22.9 Å². The molecule has 4 rings (SSSR count). The highest BCUT2D eigenvalue weighted by Gasteiger charge is 2.38. The smallest absolute Gasteiger partial charge is 0.231 e. The fourth-order valence-corrected chi connectivity index (χ4v) is 4.74. The fourth-order valence-electron chi connectivity index (χ4n) is 3.84. The van der Waals surface area contributed by atoms with Gasteiger partial charge in [-0.05, 0) is 30.5 Å². The van der Waals surface area contributed by atoms with Gasteiger partial charge in [-0.25, -0.2) is 0 Å². The molecule has 2 heterocycles. The highest BCUT2D eigenvalue weighted by Crippen LogP contribution is 2.30. The van der Waals surface area contributed by atoms with Crippen LogP contribution in [0, 0.1) is 5.92 Å². The minimum atomic E-state index is -0.304. The van der Waals surface area contributed by atoms with Crippen LogP contribution in [0.5, 0.6) is 0 Å². The number of likely N-dealkylation sites (tertiary alicyclic amines) is 1. The molecular weight excluding hydrogens is 384 g/mol. The molecule has 1 aromatic carbocycles. The van der Waals surface area contributed by atoms with Gasteiger partial charge in [0.1, 0.15) is 5.01 Å². The topological polar surface area (TPSA) is 75.2 Å². The SMILES string of the molecule is O=C(Nc1nnc(Cc2ccc(Cl)cc2)s1)[C@@H]1CC(=O)N(C2CCCC2)C1. The number of halogens is 1. The number of carbonyl (C=O) groups is 2. The molecule has 8 heteroatoms. The first-order chi connectivity index (χ1) is 13.1. The Labute approximate surface area is 166 Å². The third kappa shape index (κ3) is 4.30. The molecule has 1 N–H and O–H groups in total. The van der Waals surface area contributed by atoms with Gasteiger partial charge < -0.3 is 10.2 Å². The zero-order valence-electron chi connectivity index (χ0n) is 14.9. The van der Waals surface area contributed by atoms with E-state index in [0.717, 1.165) is 23.4 Å². The maximum Gasteiger partial charge on any atom is 0.231 e. The summed E-state index contributed by atoms with van der Waals surface area (Å²) in [5.74, 6) is -0.345. The summed E-state index contributed by atoms with van der Waals surface area (Å²) >= 11 is 7.26. The minimum absolute atomic E-state index is 0.0998. The molecule has 1 aliphatic carbocycles. The van der Waals surface area contributed by atoms with E-state index in [-0.39, 0.29) is 17.7 Å². The van der Waals surface area contributed by atoms with E-state index >= 15 is 0 Å². The van der Waals surface area contributed by atoms with E-state index in [9.17, 15) is 9.59 Å². The lowest BCUT2D eigenvalue weighted by molar-refractivity contribution is -0.129. The van der Waals surface area contributed by atoms with Crippen LogP contribution < -0.4 is 5.32 Å². The van der Waals surface area contributed by atoms with Crippen molar-refractivity contribution in [1.82, 2.24) is 15.1 Å². The lowest BCUT2D eigenvalue weighted by atomic mass is 10.1. The summed E-state index contributed by atoms with van der Waals surface area (Å²) in [6.07, 6.45) is 5.40. The third-order valence-electron chi connectivity index (χ3n) is 5.26. The molecule has 6 nitrogen and oxygen atoms in total. The number of aromatic nitrogens is 2. The van der Waals surface area contributed by atoms with Crippen molar-refractivity contribution < 1.29 is 9.59 Å². The van der Waals surface area contributed by atoms with E-state index in [4.69, 9.17) is 11.6 Å². The van der Waals surface area contributed by atoms with Crippen LogP contribution in [-0.2, 0) is 16.0 Å². The van der Waals surface area contributed by atoms with Crippen LogP contribution in [0.15, 0.2) is 24.3 Å². The van der Waals surface area contributed by atoms with Crippen molar-refractivity contribution in [1.29, 1.82) is 0 Å². The Morgan fingerprint density at radius 3 is 2.70 bits per heavy atom. The Morgan fingerprint density at radius 2 is 1.96 bits per heavy atom. The molecule has 0 bridgehead atoms. The molecule has 0 radical (unpaired) electrons. The van der Waals surface area contributed by atoms with Crippen molar-refractivity contribution >= 4 is 39.9 Å². The summed E-state index contributed by atoms with van der Waals surface area (Å²) in [6, 6.07) is 7.90. The van der Waals surface area contributed by atoms with Crippen LogP contribution in [0.4, 0.5) is 5.13 Å². The summed E-state index contributed by atoms with van der Waals surface area (Å²) in [5, 5.41) is 13.1. The maximum absolute atomic E-state index is 12.6. The largest absolute Gasteiger partial charge is 0.339 e. The first-order valence-corrected chi connectivity index (χ1v) is 10.4. The zero-order chi connectivity index (χ0) is 18.8. The number of anilines is 1. The van der Waals surface area contributed by atoms with Gasteiger partial charge in [0, 0.05) is 30.5 Å². The summed E-state index contributed by atoms with van der Waals surface area (Å²) in [4.78, 5) is 26.7. The molecule has 1 aromatic heterocycles. The predicted molar refractivity (Wildman–Crippen MR) is 105 cm³/mol. The summed E-state index contributed by atoms with van der Waals surface area (Å²) < 4.78 is 0. The molecule has 1 saturated heterocycles. The van der Waals surface area contributed by atoms with Crippen molar-refractivity contribution in [3.8, 4) is 0 Å². The number of hydrogen-bond donors (Lipinski definition) is 1. The minimum Gasteiger partial charge on any atom is -0.339 e. The Hall–Kier alpha value is -1.99. The number of nitrogens with one attached hydrogen (secondary N) is 1. The lowest BCUT2D eigenvalue weighted by Crippen LogP contribution is -2.35. The molecule has 2 amide bonds. The molecule has 0 spiro atoms. The molecule has 2 aliphatic rings. The zero-order valence-corrected chi connectivity index (χ0v) is 16.4. The van der Waals surface area contributed by atoms with Gasteiger partial charge in [0.15, 0.2) is 0 Å². The molecule has 2 aromatic rings. The van der Waals surface area contributed by atoms with Gasteiger partial charge in [0.25, 0.3) is 0 Å². The van der Waals surface area contributed by atoms with Crippen LogP contribution in [-0.4, -0.2) is 39.5 Å². The molecule has 1 atom stereocenters. The maximum atomic E-state index is 12.6. The average Bonchev–Trinajstić information content (AvgIpc) is 3.38. The third-order valence-corrected chi connectivity index (χ3v) is 6.35. The van der Waals surface area contributed by atoms with Crippen LogP contribution in [0.1, 0.15) is 42.7 Å². The molecule has 2 fully saturated rings. The van der Waals surface area contributed by atoms with Gasteiger partial charge in [-0.1, -0.05) is 47.9 Å². The number of carbonyl (C=O) groups excluding carboxylic acids is 2. The molecule has 0 unspecified atom stereocenters.